The SMILES string of the molecule is CCn1nc(-c2ncc(C)n2CC2CC2)c2c1CCN(C(=O)c1cccc(OC)c1C)C2. The van der Waals surface area contributed by atoms with Crippen LogP contribution in [0.25, 0.3) is 11.5 Å². The minimum absolute atomic E-state index is 0.0414. The normalized spacial score (nSPS) is 15.7. The van der Waals surface area contributed by atoms with E-state index in [-0.39, 0.29) is 5.91 Å². The number of aromatic nitrogens is 4. The molecular weight excluding hydrogens is 402 g/mol. The third-order valence-electron chi connectivity index (χ3n) is 6.86. The molecule has 7 nitrogen and oxygen atoms in total. The second-order valence-corrected chi connectivity index (χ2v) is 8.98. The third-order valence-corrected chi connectivity index (χ3v) is 6.86. The lowest BCUT2D eigenvalue weighted by atomic mass is 10.0. The van der Waals surface area contributed by atoms with Crippen LogP contribution in [0.15, 0.2) is 24.4 Å². The Balaban J connectivity index is 1.51. The Morgan fingerprint density at radius 2 is 2.06 bits per heavy atom. The number of carbonyl (C=O) groups excluding carboxylic acids is 1. The van der Waals surface area contributed by atoms with Crippen LogP contribution in [0.1, 0.15) is 52.6 Å². The molecule has 3 aromatic rings. The predicted octanol–water partition coefficient (Wildman–Crippen LogP) is 4.00. The first-order valence-electron chi connectivity index (χ1n) is 11.6. The molecule has 0 bridgehead atoms. The zero-order valence-electron chi connectivity index (χ0n) is 19.4. The summed E-state index contributed by atoms with van der Waals surface area (Å²) in [6.07, 6.45) is 5.33. The number of hydrogen-bond donors (Lipinski definition) is 0. The monoisotopic (exact) mass is 433 g/mol. The predicted molar refractivity (Wildman–Crippen MR) is 123 cm³/mol. The van der Waals surface area contributed by atoms with E-state index in [1.165, 1.54) is 24.2 Å². The molecule has 32 heavy (non-hydrogen) atoms. The van der Waals surface area contributed by atoms with Crippen LogP contribution in [0.3, 0.4) is 0 Å². The number of amides is 1. The Bertz CT molecular complexity index is 1170. The number of imidazole rings is 1. The van der Waals surface area contributed by atoms with Gasteiger partial charge in [-0.15, -0.1) is 0 Å². The standard InChI is InChI=1S/C25H31N5O2/c1-5-30-21-11-12-28(25(31)19-7-6-8-22(32-4)17(19)3)15-20(21)23(27-30)24-26-13-16(2)29(24)14-18-9-10-18/h6-8,13,18H,5,9-12,14-15H2,1-4H3. The van der Waals surface area contributed by atoms with Gasteiger partial charge in [0.1, 0.15) is 11.4 Å². The van der Waals surface area contributed by atoms with E-state index in [0.29, 0.717) is 18.7 Å². The van der Waals surface area contributed by atoms with Crippen molar-refractivity contribution < 1.29 is 9.53 Å². The summed E-state index contributed by atoms with van der Waals surface area (Å²) in [7, 11) is 1.64. The van der Waals surface area contributed by atoms with Crippen LogP contribution in [0, 0.1) is 19.8 Å². The molecule has 0 atom stereocenters. The highest BCUT2D eigenvalue weighted by atomic mass is 16.5. The van der Waals surface area contributed by atoms with Gasteiger partial charge in [0.25, 0.3) is 5.91 Å². The summed E-state index contributed by atoms with van der Waals surface area (Å²) in [4.78, 5) is 20.2. The fourth-order valence-electron chi connectivity index (χ4n) is 4.78. The number of nitrogens with zero attached hydrogens (tertiary/aromatic N) is 5. The summed E-state index contributed by atoms with van der Waals surface area (Å²) in [6.45, 7) is 9.23. The summed E-state index contributed by atoms with van der Waals surface area (Å²) < 4.78 is 9.84. The molecule has 1 amide bonds. The maximum absolute atomic E-state index is 13.5. The van der Waals surface area contributed by atoms with Crippen LogP contribution in [0.4, 0.5) is 0 Å². The quantitative estimate of drug-likeness (QED) is 0.589. The first-order valence-corrected chi connectivity index (χ1v) is 11.6. The summed E-state index contributed by atoms with van der Waals surface area (Å²) in [5.74, 6) is 2.47. The second-order valence-electron chi connectivity index (χ2n) is 8.98. The molecule has 7 heteroatoms. The number of rotatable bonds is 6. The molecule has 1 aliphatic heterocycles. The highest BCUT2D eigenvalue weighted by Gasteiger charge is 2.31. The van der Waals surface area contributed by atoms with Crippen molar-refractivity contribution in [1.29, 1.82) is 0 Å². The number of hydrogen-bond acceptors (Lipinski definition) is 4. The van der Waals surface area contributed by atoms with E-state index in [2.05, 4.69) is 23.1 Å². The Labute approximate surface area is 189 Å². The lowest BCUT2D eigenvalue weighted by Gasteiger charge is -2.28. The summed E-state index contributed by atoms with van der Waals surface area (Å²) in [6, 6.07) is 5.66. The number of methoxy groups -OCH3 is 1. The van der Waals surface area contributed by atoms with Gasteiger partial charge in [-0.1, -0.05) is 6.07 Å². The smallest absolute Gasteiger partial charge is 0.254 e. The van der Waals surface area contributed by atoms with Crippen molar-refractivity contribution in [1.82, 2.24) is 24.2 Å². The van der Waals surface area contributed by atoms with Crippen molar-refractivity contribution in [2.75, 3.05) is 13.7 Å². The largest absolute Gasteiger partial charge is 0.496 e. The van der Waals surface area contributed by atoms with Gasteiger partial charge < -0.3 is 14.2 Å². The number of aryl methyl sites for hydroxylation is 2. The zero-order chi connectivity index (χ0) is 22.4. The average molecular weight is 434 g/mol. The van der Waals surface area contributed by atoms with Crippen LogP contribution < -0.4 is 4.74 Å². The fourth-order valence-corrected chi connectivity index (χ4v) is 4.78. The van der Waals surface area contributed by atoms with Crippen molar-refractivity contribution >= 4 is 5.91 Å². The summed E-state index contributed by atoms with van der Waals surface area (Å²) in [5.41, 5.74) is 6.04. The molecule has 1 aliphatic carbocycles. The molecule has 5 rings (SSSR count). The Morgan fingerprint density at radius 1 is 1.25 bits per heavy atom. The topological polar surface area (TPSA) is 65.2 Å². The van der Waals surface area contributed by atoms with E-state index in [9.17, 15) is 4.79 Å². The molecule has 0 spiro atoms. The molecule has 1 fully saturated rings. The molecule has 1 aromatic carbocycles. The zero-order valence-corrected chi connectivity index (χ0v) is 19.4. The second kappa shape index (κ2) is 8.11. The van der Waals surface area contributed by atoms with E-state index in [1.54, 1.807) is 7.11 Å². The first kappa shape index (κ1) is 20.8. The molecular formula is C25H31N5O2. The number of ether oxygens (including phenoxy) is 1. The number of benzene rings is 1. The Hall–Kier alpha value is -3.09. The molecule has 1 saturated carbocycles. The molecule has 0 saturated heterocycles. The van der Waals surface area contributed by atoms with E-state index in [4.69, 9.17) is 14.8 Å². The lowest BCUT2D eigenvalue weighted by Crippen LogP contribution is -2.36. The summed E-state index contributed by atoms with van der Waals surface area (Å²) in [5, 5.41) is 4.97. The molecule has 0 unspecified atom stereocenters. The van der Waals surface area contributed by atoms with Crippen molar-refractivity contribution in [2.24, 2.45) is 5.92 Å². The first-order chi connectivity index (χ1) is 15.5. The van der Waals surface area contributed by atoms with E-state index >= 15 is 0 Å². The Morgan fingerprint density at radius 3 is 2.78 bits per heavy atom. The molecule has 0 N–H and O–H groups in total. The Kier molecular flexibility index (Phi) is 5.27. The van der Waals surface area contributed by atoms with Crippen molar-refractivity contribution in [2.45, 2.75) is 59.7 Å². The lowest BCUT2D eigenvalue weighted by molar-refractivity contribution is 0.0732. The van der Waals surface area contributed by atoms with Crippen LogP contribution in [0.2, 0.25) is 0 Å². The average Bonchev–Trinajstić information content (AvgIpc) is 3.46. The van der Waals surface area contributed by atoms with Crippen LogP contribution in [0.5, 0.6) is 5.75 Å². The minimum Gasteiger partial charge on any atom is -0.496 e. The number of fused-ring (bicyclic) bond motifs is 1. The van der Waals surface area contributed by atoms with E-state index < -0.39 is 0 Å². The van der Waals surface area contributed by atoms with Crippen molar-refractivity contribution in [3.05, 3.63) is 52.5 Å². The van der Waals surface area contributed by atoms with Gasteiger partial charge in [0.15, 0.2) is 5.82 Å². The van der Waals surface area contributed by atoms with Gasteiger partial charge in [-0.3, -0.25) is 9.48 Å². The van der Waals surface area contributed by atoms with Crippen LogP contribution in [-0.4, -0.2) is 43.8 Å². The van der Waals surface area contributed by atoms with E-state index in [1.807, 2.05) is 36.2 Å². The minimum atomic E-state index is 0.0414. The highest BCUT2D eigenvalue weighted by molar-refractivity contribution is 5.96. The van der Waals surface area contributed by atoms with Gasteiger partial charge in [-0.2, -0.15) is 5.10 Å². The molecule has 3 heterocycles. The molecule has 2 aliphatic rings. The maximum atomic E-state index is 13.5. The van der Waals surface area contributed by atoms with Crippen LogP contribution >= 0.6 is 0 Å². The molecule has 168 valence electrons. The van der Waals surface area contributed by atoms with Gasteiger partial charge in [-0.25, -0.2) is 4.98 Å². The van der Waals surface area contributed by atoms with Crippen molar-refractivity contribution in [3.63, 3.8) is 0 Å². The van der Waals surface area contributed by atoms with Gasteiger partial charge in [0, 0.05) is 60.3 Å². The van der Waals surface area contributed by atoms with Crippen molar-refractivity contribution in [3.8, 4) is 17.3 Å². The van der Waals surface area contributed by atoms with Gasteiger partial charge in [0.05, 0.1) is 13.7 Å². The van der Waals surface area contributed by atoms with Gasteiger partial charge in [0.2, 0.25) is 0 Å². The van der Waals surface area contributed by atoms with Gasteiger partial charge >= 0.3 is 0 Å². The van der Waals surface area contributed by atoms with Gasteiger partial charge in [-0.05, 0) is 51.7 Å². The molecule has 0 radical (unpaired) electrons. The highest BCUT2D eigenvalue weighted by Crippen LogP contribution is 2.35. The van der Waals surface area contributed by atoms with E-state index in [0.717, 1.165) is 53.8 Å². The maximum Gasteiger partial charge on any atom is 0.254 e. The fraction of sp³-hybridized carbons (Fsp3) is 0.480. The number of carbonyl (C=O) groups is 1. The third kappa shape index (κ3) is 3.49. The van der Waals surface area contributed by atoms with Crippen LogP contribution in [-0.2, 0) is 26.1 Å². The molecule has 2 aromatic heterocycles. The summed E-state index contributed by atoms with van der Waals surface area (Å²) >= 11 is 0.